The SMILES string of the molecule is CCOC(=O)C1=C(C)N(C)C(=S)NC1c1c(OC(=O)c2ccccc2)ccc2ccccc12. The van der Waals surface area contributed by atoms with Crippen LogP contribution in [0.15, 0.2) is 78.0 Å². The van der Waals surface area contributed by atoms with E-state index in [1.807, 2.05) is 43.3 Å². The fraction of sp³-hybridized carbons (Fsp3) is 0.192. The third-order valence-corrected chi connectivity index (χ3v) is 6.07. The molecule has 0 aromatic heterocycles. The number of nitrogens with zero attached hydrogens (tertiary/aromatic N) is 1. The Morgan fingerprint density at radius 2 is 1.70 bits per heavy atom. The van der Waals surface area contributed by atoms with E-state index in [-0.39, 0.29) is 6.61 Å². The average molecular weight is 461 g/mol. The van der Waals surface area contributed by atoms with Crippen LogP contribution in [0.25, 0.3) is 10.8 Å². The Labute approximate surface area is 197 Å². The summed E-state index contributed by atoms with van der Waals surface area (Å²) in [5.41, 5.74) is 2.17. The van der Waals surface area contributed by atoms with Gasteiger partial charge in [-0.1, -0.05) is 48.5 Å². The van der Waals surface area contributed by atoms with Gasteiger partial charge in [0.25, 0.3) is 0 Å². The molecule has 3 aromatic rings. The summed E-state index contributed by atoms with van der Waals surface area (Å²) in [6, 6.07) is 19.5. The van der Waals surface area contributed by atoms with Gasteiger partial charge in [-0.25, -0.2) is 9.59 Å². The summed E-state index contributed by atoms with van der Waals surface area (Å²) in [6.07, 6.45) is 0. The lowest BCUT2D eigenvalue weighted by atomic mass is 9.90. The molecule has 1 atom stereocenters. The minimum Gasteiger partial charge on any atom is -0.463 e. The standard InChI is InChI=1S/C26H24N2O4S/c1-4-31-25(30)21-16(2)28(3)26(33)27-23(21)22-19-13-9-8-10-17(19)14-15-20(22)32-24(29)18-11-6-5-7-12-18/h5-15,23H,4H2,1-3H3,(H,27,33). The van der Waals surface area contributed by atoms with Gasteiger partial charge in [-0.2, -0.15) is 0 Å². The predicted molar refractivity (Wildman–Crippen MR) is 131 cm³/mol. The van der Waals surface area contributed by atoms with Crippen molar-refractivity contribution in [1.29, 1.82) is 0 Å². The maximum Gasteiger partial charge on any atom is 0.343 e. The topological polar surface area (TPSA) is 67.9 Å². The van der Waals surface area contributed by atoms with Crippen molar-refractivity contribution in [2.75, 3.05) is 13.7 Å². The Morgan fingerprint density at radius 3 is 2.42 bits per heavy atom. The van der Waals surface area contributed by atoms with Crippen LogP contribution in [0.3, 0.4) is 0 Å². The van der Waals surface area contributed by atoms with Crippen LogP contribution in [-0.2, 0) is 9.53 Å². The zero-order valence-electron chi connectivity index (χ0n) is 18.6. The monoisotopic (exact) mass is 460 g/mol. The number of fused-ring (bicyclic) bond motifs is 1. The van der Waals surface area contributed by atoms with Gasteiger partial charge in [0, 0.05) is 18.3 Å². The summed E-state index contributed by atoms with van der Waals surface area (Å²) in [5.74, 6) is -0.585. The van der Waals surface area contributed by atoms with Gasteiger partial charge in [-0.15, -0.1) is 0 Å². The number of carbonyl (C=O) groups excluding carboxylic acids is 2. The van der Waals surface area contributed by atoms with Crippen molar-refractivity contribution >= 4 is 40.0 Å². The lowest BCUT2D eigenvalue weighted by Gasteiger charge is -2.36. The number of thiocarbonyl (C=S) groups is 1. The first kappa shape index (κ1) is 22.5. The molecule has 1 N–H and O–H groups in total. The van der Waals surface area contributed by atoms with Gasteiger partial charge in [0.05, 0.1) is 23.8 Å². The summed E-state index contributed by atoms with van der Waals surface area (Å²) in [5, 5.41) is 5.50. The zero-order chi connectivity index (χ0) is 23.5. The minimum absolute atomic E-state index is 0.238. The molecule has 0 spiro atoms. The van der Waals surface area contributed by atoms with Crippen molar-refractivity contribution in [2.45, 2.75) is 19.9 Å². The molecular weight excluding hydrogens is 436 g/mol. The molecular formula is C26H24N2O4S. The largest absolute Gasteiger partial charge is 0.463 e. The molecule has 7 heteroatoms. The summed E-state index contributed by atoms with van der Waals surface area (Å²) >= 11 is 5.54. The van der Waals surface area contributed by atoms with E-state index in [4.69, 9.17) is 21.7 Å². The van der Waals surface area contributed by atoms with E-state index in [2.05, 4.69) is 5.32 Å². The van der Waals surface area contributed by atoms with Gasteiger partial charge in [-0.3, -0.25) is 0 Å². The molecule has 1 heterocycles. The molecule has 0 amide bonds. The third-order valence-electron chi connectivity index (χ3n) is 5.68. The maximum atomic E-state index is 13.0. The van der Waals surface area contributed by atoms with Crippen molar-refractivity contribution in [3.05, 3.63) is 89.1 Å². The van der Waals surface area contributed by atoms with Crippen LogP contribution in [0.2, 0.25) is 0 Å². The molecule has 6 nitrogen and oxygen atoms in total. The molecule has 0 saturated heterocycles. The average Bonchev–Trinajstić information content (AvgIpc) is 2.83. The van der Waals surface area contributed by atoms with Gasteiger partial charge in [0.15, 0.2) is 5.11 Å². The highest BCUT2D eigenvalue weighted by molar-refractivity contribution is 7.80. The van der Waals surface area contributed by atoms with E-state index in [0.29, 0.717) is 33.3 Å². The van der Waals surface area contributed by atoms with E-state index in [9.17, 15) is 9.59 Å². The molecule has 0 aliphatic carbocycles. The van der Waals surface area contributed by atoms with Crippen LogP contribution in [-0.4, -0.2) is 35.6 Å². The Bertz CT molecular complexity index is 1270. The van der Waals surface area contributed by atoms with E-state index >= 15 is 0 Å². The van der Waals surface area contributed by atoms with Gasteiger partial charge < -0.3 is 19.7 Å². The lowest BCUT2D eigenvalue weighted by Crippen LogP contribution is -2.46. The molecule has 0 bridgehead atoms. The summed E-state index contributed by atoms with van der Waals surface area (Å²) in [6.45, 7) is 3.83. The molecule has 0 fully saturated rings. The highest BCUT2D eigenvalue weighted by atomic mass is 32.1. The molecule has 1 unspecified atom stereocenters. The third kappa shape index (κ3) is 4.32. The van der Waals surface area contributed by atoms with Crippen molar-refractivity contribution in [3.8, 4) is 5.75 Å². The summed E-state index contributed by atoms with van der Waals surface area (Å²) < 4.78 is 11.2. The van der Waals surface area contributed by atoms with E-state index in [0.717, 1.165) is 10.8 Å². The number of nitrogens with one attached hydrogen (secondary N) is 1. The Hall–Kier alpha value is -3.71. The van der Waals surface area contributed by atoms with Gasteiger partial charge in [-0.05, 0) is 55.0 Å². The second kappa shape index (κ2) is 9.42. The first-order valence-electron chi connectivity index (χ1n) is 10.6. The van der Waals surface area contributed by atoms with Crippen LogP contribution >= 0.6 is 12.2 Å². The maximum absolute atomic E-state index is 13.0. The normalized spacial score (nSPS) is 15.9. The summed E-state index contributed by atoms with van der Waals surface area (Å²) in [7, 11) is 1.79. The number of esters is 2. The van der Waals surface area contributed by atoms with Crippen molar-refractivity contribution in [3.63, 3.8) is 0 Å². The van der Waals surface area contributed by atoms with E-state index in [1.54, 1.807) is 49.2 Å². The number of rotatable bonds is 5. The zero-order valence-corrected chi connectivity index (χ0v) is 19.4. The second-order valence-electron chi connectivity index (χ2n) is 7.62. The Balaban J connectivity index is 1.90. The van der Waals surface area contributed by atoms with E-state index in [1.165, 1.54) is 0 Å². The fourth-order valence-corrected chi connectivity index (χ4v) is 4.18. The first-order chi connectivity index (χ1) is 15.9. The second-order valence-corrected chi connectivity index (χ2v) is 8.00. The molecule has 168 valence electrons. The van der Waals surface area contributed by atoms with Gasteiger partial charge in [0.2, 0.25) is 0 Å². The van der Waals surface area contributed by atoms with Crippen LogP contribution < -0.4 is 10.1 Å². The number of allylic oxidation sites excluding steroid dienone is 1. The number of benzene rings is 3. The molecule has 0 radical (unpaired) electrons. The lowest BCUT2D eigenvalue weighted by molar-refractivity contribution is -0.139. The van der Waals surface area contributed by atoms with E-state index < -0.39 is 18.0 Å². The van der Waals surface area contributed by atoms with Crippen LogP contribution in [0.4, 0.5) is 0 Å². The molecule has 33 heavy (non-hydrogen) atoms. The number of carbonyl (C=O) groups is 2. The van der Waals surface area contributed by atoms with Gasteiger partial charge in [0.1, 0.15) is 5.75 Å². The van der Waals surface area contributed by atoms with Crippen molar-refractivity contribution < 1.29 is 19.1 Å². The summed E-state index contributed by atoms with van der Waals surface area (Å²) in [4.78, 5) is 27.7. The molecule has 4 rings (SSSR count). The molecule has 1 aliphatic heterocycles. The minimum atomic E-state index is -0.655. The highest BCUT2D eigenvalue weighted by Crippen LogP contribution is 2.40. The molecule has 1 aliphatic rings. The number of hydrogen-bond acceptors (Lipinski definition) is 5. The van der Waals surface area contributed by atoms with Gasteiger partial charge >= 0.3 is 11.9 Å². The van der Waals surface area contributed by atoms with Crippen molar-refractivity contribution in [1.82, 2.24) is 10.2 Å². The van der Waals surface area contributed by atoms with Crippen molar-refractivity contribution in [2.24, 2.45) is 0 Å². The first-order valence-corrected chi connectivity index (χ1v) is 11.0. The quantitative estimate of drug-likeness (QED) is 0.335. The fourth-order valence-electron chi connectivity index (χ4n) is 3.92. The van der Waals surface area contributed by atoms with Crippen LogP contribution in [0, 0.1) is 0 Å². The Morgan fingerprint density at radius 1 is 1.00 bits per heavy atom. The molecule has 3 aromatic carbocycles. The highest BCUT2D eigenvalue weighted by Gasteiger charge is 2.36. The predicted octanol–water partition coefficient (Wildman–Crippen LogP) is 4.76. The van der Waals surface area contributed by atoms with Crippen LogP contribution in [0.1, 0.15) is 35.8 Å². The Kier molecular flexibility index (Phi) is 6.42. The smallest absolute Gasteiger partial charge is 0.343 e. The molecule has 0 saturated carbocycles. The van der Waals surface area contributed by atoms with Crippen LogP contribution in [0.5, 0.6) is 5.75 Å². The number of hydrogen-bond donors (Lipinski definition) is 1. The number of ether oxygens (including phenoxy) is 2.